The van der Waals surface area contributed by atoms with E-state index < -0.39 is 0 Å². The van der Waals surface area contributed by atoms with Crippen LogP contribution in [0.1, 0.15) is 17.0 Å². The zero-order chi connectivity index (χ0) is 13.8. The minimum absolute atomic E-state index is 0.198. The first-order valence-corrected chi connectivity index (χ1v) is 6.23. The van der Waals surface area contributed by atoms with Crippen molar-refractivity contribution in [2.75, 3.05) is 7.05 Å². The smallest absolute Gasteiger partial charge is 0.132 e. The summed E-state index contributed by atoms with van der Waals surface area (Å²) in [5, 5.41) is 0. The van der Waals surface area contributed by atoms with E-state index >= 15 is 0 Å². The molecule has 5 heteroatoms. The van der Waals surface area contributed by atoms with E-state index in [2.05, 4.69) is 4.98 Å². The molecule has 0 aliphatic carbocycles. The van der Waals surface area contributed by atoms with Crippen molar-refractivity contribution in [3.8, 4) is 0 Å². The summed E-state index contributed by atoms with van der Waals surface area (Å²) < 4.78 is 16.0. The minimum atomic E-state index is -0.198. The van der Waals surface area contributed by atoms with E-state index in [0.717, 1.165) is 5.82 Å². The van der Waals surface area contributed by atoms with Gasteiger partial charge < -0.3 is 10.3 Å². The van der Waals surface area contributed by atoms with Crippen LogP contribution in [-0.2, 0) is 26.7 Å². The SMILES string of the molecule is CN(Cc1cccc(CN)c1F)Cc1nccn1C. The molecule has 19 heavy (non-hydrogen) atoms. The highest BCUT2D eigenvalue weighted by molar-refractivity contribution is 5.25. The standard InChI is InChI=1S/C14H19FN4/c1-18(10-13-17-6-7-19(13)2)9-12-5-3-4-11(8-16)14(12)15/h3-7H,8-10,16H2,1-2H3. The summed E-state index contributed by atoms with van der Waals surface area (Å²) in [6, 6.07) is 5.36. The second-order valence-corrected chi connectivity index (χ2v) is 4.72. The van der Waals surface area contributed by atoms with Crippen molar-refractivity contribution < 1.29 is 4.39 Å². The number of halogens is 1. The van der Waals surface area contributed by atoms with Gasteiger partial charge >= 0.3 is 0 Å². The molecule has 4 nitrogen and oxygen atoms in total. The summed E-state index contributed by atoms with van der Waals surface area (Å²) in [5.41, 5.74) is 6.74. The summed E-state index contributed by atoms with van der Waals surface area (Å²) in [4.78, 5) is 6.29. The number of nitrogens with two attached hydrogens (primary N) is 1. The Hall–Kier alpha value is -1.72. The van der Waals surface area contributed by atoms with Gasteiger partial charge in [0.25, 0.3) is 0 Å². The van der Waals surface area contributed by atoms with Crippen LogP contribution in [0.25, 0.3) is 0 Å². The molecule has 0 saturated carbocycles. The molecule has 0 bridgehead atoms. The molecule has 1 heterocycles. The molecule has 0 fully saturated rings. The normalized spacial score (nSPS) is 11.2. The van der Waals surface area contributed by atoms with Gasteiger partial charge in [0.05, 0.1) is 6.54 Å². The maximum absolute atomic E-state index is 14.1. The van der Waals surface area contributed by atoms with E-state index in [9.17, 15) is 4.39 Å². The zero-order valence-electron chi connectivity index (χ0n) is 11.3. The van der Waals surface area contributed by atoms with E-state index in [4.69, 9.17) is 5.73 Å². The third-order valence-electron chi connectivity index (χ3n) is 3.15. The molecule has 0 aliphatic rings. The molecule has 1 aromatic carbocycles. The van der Waals surface area contributed by atoms with Crippen LogP contribution in [-0.4, -0.2) is 21.5 Å². The van der Waals surface area contributed by atoms with Gasteiger partial charge in [0.1, 0.15) is 11.6 Å². The van der Waals surface area contributed by atoms with Crippen molar-refractivity contribution in [2.24, 2.45) is 12.8 Å². The summed E-state index contributed by atoms with van der Waals surface area (Å²) in [6.07, 6.45) is 3.66. The molecule has 0 radical (unpaired) electrons. The Morgan fingerprint density at radius 2 is 2.05 bits per heavy atom. The van der Waals surface area contributed by atoms with Crippen LogP contribution in [0, 0.1) is 5.82 Å². The van der Waals surface area contributed by atoms with Gasteiger partial charge in [-0.1, -0.05) is 18.2 Å². The van der Waals surface area contributed by atoms with E-state index in [0.29, 0.717) is 24.2 Å². The number of imidazole rings is 1. The molecule has 0 atom stereocenters. The Morgan fingerprint density at radius 3 is 2.68 bits per heavy atom. The molecule has 2 aromatic rings. The van der Waals surface area contributed by atoms with Crippen LogP contribution in [0.4, 0.5) is 4.39 Å². The van der Waals surface area contributed by atoms with Crippen molar-refractivity contribution in [2.45, 2.75) is 19.6 Å². The molecule has 0 aliphatic heterocycles. The number of hydrogen-bond donors (Lipinski definition) is 1. The topological polar surface area (TPSA) is 47.1 Å². The quantitative estimate of drug-likeness (QED) is 0.891. The molecule has 2 N–H and O–H groups in total. The van der Waals surface area contributed by atoms with Gasteiger partial charge in [-0.05, 0) is 7.05 Å². The lowest BCUT2D eigenvalue weighted by Crippen LogP contribution is -2.20. The largest absolute Gasteiger partial charge is 0.337 e. The average Bonchev–Trinajstić information content (AvgIpc) is 2.78. The predicted molar refractivity (Wildman–Crippen MR) is 72.7 cm³/mol. The van der Waals surface area contributed by atoms with Crippen LogP contribution in [0.5, 0.6) is 0 Å². The number of nitrogens with zero attached hydrogens (tertiary/aromatic N) is 3. The van der Waals surface area contributed by atoms with Gasteiger partial charge in [-0.2, -0.15) is 0 Å². The van der Waals surface area contributed by atoms with Crippen molar-refractivity contribution in [3.05, 3.63) is 53.4 Å². The second-order valence-electron chi connectivity index (χ2n) is 4.72. The lowest BCUT2D eigenvalue weighted by atomic mass is 10.1. The zero-order valence-corrected chi connectivity index (χ0v) is 11.3. The minimum Gasteiger partial charge on any atom is -0.337 e. The molecule has 0 spiro atoms. The maximum atomic E-state index is 14.1. The monoisotopic (exact) mass is 262 g/mol. The number of aromatic nitrogens is 2. The van der Waals surface area contributed by atoms with Crippen molar-refractivity contribution in [3.63, 3.8) is 0 Å². The van der Waals surface area contributed by atoms with Crippen LogP contribution in [0.15, 0.2) is 30.6 Å². The fourth-order valence-electron chi connectivity index (χ4n) is 2.05. The third-order valence-corrected chi connectivity index (χ3v) is 3.15. The summed E-state index contributed by atoms with van der Waals surface area (Å²) in [6.45, 7) is 1.44. The number of hydrogen-bond acceptors (Lipinski definition) is 3. The molecule has 0 amide bonds. The highest BCUT2D eigenvalue weighted by Crippen LogP contribution is 2.15. The van der Waals surface area contributed by atoms with E-state index in [1.165, 1.54) is 0 Å². The van der Waals surface area contributed by atoms with Gasteiger partial charge in [0.15, 0.2) is 0 Å². The van der Waals surface area contributed by atoms with Gasteiger partial charge in [-0.15, -0.1) is 0 Å². The lowest BCUT2D eigenvalue weighted by molar-refractivity contribution is 0.302. The Bertz CT molecular complexity index is 550. The molecular formula is C14H19FN4. The Balaban J connectivity index is 2.07. The fourth-order valence-corrected chi connectivity index (χ4v) is 2.05. The number of benzene rings is 1. The van der Waals surface area contributed by atoms with Crippen molar-refractivity contribution in [1.29, 1.82) is 0 Å². The number of aryl methyl sites for hydroxylation is 1. The lowest BCUT2D eigenvalue weighted by Gasteiger charge is -2.17. The molecule has 102 valence electrons. The maximum Gasteiger partial charge on any atom is 0.132 e. The summed E-state index contributed by atoms with van der Waals surface area (Å²) in [7, 11) is 3.90. The van der Waals surface area contributed by atoms with E-state index in [-0.39, 0.29) is 12.4 Å². The first-order valence-electron chi connectivity index (χ1n) is 6.23. The van der Waals surface area contributed by atoms with Crippen LogP contribution in [0.3, 0.4) is 0 Å². The highest BCUT2D eigenvalue weighted by Gasteiger charge is 2.10. The first-order chi connectivity index (χ1) is 9.11. The van der Waals surface area contributed by atoms with Gasteiger partial charge in [-0.25, -0.2) is 9.37 Å². The first kappa shape index (κ1) is 13.7. The second kappa shape index (κ2) is 5.95. The van der Waals surface area contributed by atoms with Gasteiger partial charge in [0, 0.05) is 43.7 Å². The van der Waals surface area contributed by atoms with Gasteiger partial charge in [-0.3, -0.25) is 4.90 Å². The van der Waals surface area contributed by atoms with E-state index in [1.54, 1.807) is 18.3 Å². The highest BCUT2D eigenvalue weighted by atomic mass is 19.1. The Kier molecular flexibility index (Phi) is 4.29. The van der Waals surface area contributed by atoms with Gasteiger partial charge in [0.2, 0.25) is 0 Å². The molecule has 1 aromatic heterocycles. The molecule has 2 rings (SSSR count). The Morgan fingerprint density at radius 1 is 1.32 bits per heavy atom. The third kappa shape index (κ3) is 3.19. The molecule has 0 saturated heterocycles. The van der Waals surface area contributed by atoms with Crippen LogP contribution in [0.2, 0.25) is 0 Å². The average molecular weight is 262 g/mol. The predicted octanol–water partition coefficient (Wildman–Crippen LogP) is 1.65. The fraction of sp³-hybridized carbons (Fsp3) is 0.357. The van der Waals surface area contributed by atoms with Crippen molar-refractivity contribution >= 4 is 0 Å². The summed E-state index contributed by atoms with van der Waals surface area (Å²) >= 11 is 0. The van der Waals surface area contributed by atoms with Crippen LogP contribution >= 0.6 is 0 Å². The van der Waals surface area contributed by atoms with Crippen LogP contribution < -0.4 is 5.73 Å². The summed E-state index contributed by atoms with van der Waals surface area (Å²) in [5.74, 6) is 0.759. The Labute approximate surface area is 112 Å². The number of rotatable bonds is 5. The molecular weight excluding hydrogens is 243 g/mol. The molecule has 0 unspecified atom stereocenters. The van der Waals surface area contributed by atoms with Crippen molar-refractivity contribution in [1.82, 2.24) is 14.5 Å². The van der Waals surface area contributed by atoms with E-state index in [1.807, 2.05) is 35.8 Å².